The van der Waals surface area contributed by atoms with Gasteiger partial charge >= 0.3 is 0 Å². The van der Waals surface area contributed by atoms with Gasteiger partial charge in [-0.1, -0.05) is 37.3 Å². The molecule has 0 aromatic heterocycles. The molecule has 0 aliphatic heterocycles. The molecule has 1 atom stereocenters. The molecular weight excluding hydrogens is 226 g/mol. The first-order valence-corrected chi connectivity index (χ1v) is 6.61. The molecule has 1 N–H and O–H groups in total. The van der Waals surface area contributed by atoms with E-state index in [1.54, 1.807) is 0 Å². The summed E-state index contributed by atoms with van der Waals surface area (Å²) in [6.07, 6.45) is 1.38. The highest BCUT2D eigenvalue weighted by Crippen LogP contribution is 2.02. The molecule has 0 fully saturated rings. The molecule has 0 spiro atoms. The van der Waals surface area contributed by atoms with Crippen molar-refractivity contribution in [2.24, 2.45) is 0 Å². The van der Waals surface area contributed by atoms with Crippen LogP contribution in [0, 0.1) is 0 Å². The quantitative estimate of drug-likeness (QED) is 0.684. The summed E-state index contributed by atoms with van der Waals surface area (Å²) in [6, 6.07) is 10.0. The van der Waals surface area contributed by atoms with Gasteiger partial charge in [-0.3, -0.25) is 4.79 Å². The smallest absolute Gasteiger partial charge is 0.149 e. The fraction of sp³-hybridized carbons (Fsp3) is 0.533. The lowest BCUT2D eigenvalue weighted by Crippen LogP contribution is -2.33. The number of carbonyl (C=O) groups excluding carboxylic acids is 1. The van der Waals surface area contributed by atoms with Crippen LogP contribution in [0.2, 0.25) is 0 Å². The van der Waals surface area contributed by atoms with E-state index in [4.69, 9.17) is 4.74 Å². The van der Waals surface area contributed by atoms with Crippen LogP contribution in [-0.2, 0) is 16.1 Å². The van der Waals surface area contributed by atoms with Gasteiger partial charge < -0.3 is 10.1 Å². The summed E-state index contributed by atoms with van der Waals surface area (Å²) in [5, 5.41) is 3.12. The number of nitrogens with one attached hydrogen (secondary N) is 1. The highest BCUT2D eigenvalue weighted by atomic mass is 16.5. The van der Waals surface area contributed by atoms with Gasteiger partial charge in [0.15, 0.2) is 0 Å². The molecule has 3 nitrogen and oxygen atoms in total. The lowest BCUT2D eigenvalue weighted by Gasteiger charge is -2.10. The van der Waals surface area contributed by atoms with Crippen LogP contribution in [0.4, 0.5) is 0 Å². The van der Waals surface area contributed by atoms with Gasteiger partial charge in [-0.2, -0.15) is 0 Å². The van der Waals surface area contributed by atoms with Gasteiger partial charge in [0.2, 0.25) is 0 Å². The molecular formula is C15H23NO2. The van der Waals surface area contributed by atoms with Crippen molar-refractivity contribution in [1.29, 1.82) is 0 Å². The Morgan fingerprint density at radius 3 is 2.72 bits per heavy atom. The Bertz CT molecular complexity index is 338. The maximum Gasteiger partial charge on any atom is 0.149 e. The van der Waals surface area contributed by atoms with Crippen LogP contribution in [0.15, 0.2) is 30.3 Å². The molecule has 0 radical (unpaired) electrons. The third-order valence-electron chi connectivity index (χ3n) is 2.82. The highest BCUT2D eigenvalue weighted by molar-refractivity contribution is 5.83. The summed E-state index contributed by atoms with van der Waals surface area (Å²) in [5.74, 6) is 0.264. The van der Waals surface area contributed by atoms with Crippen LogP contribution in [0.1, 0.15) is 32.3 Å². The number of Topliss-reactive ketones (excluding diaryl/α,β-unsaturated/α-hetero) is 1. The third-order valence-corrected chi connectivity index (χ3v) is 2.82. The molecule has 1 aromatic carbocycles. The van der Waals surface area contributed by atoms with Crippen molar-refractivity contribution in [3.63, 3.8) is 0 Å². The summed E-state index contributed by atoms with van der Waals surface area (Å²) < 4.78 is 5.54. The van der Waals surface area contributed by atoms with E-state index in [9.17, 15) is 4.79 Å². The molecule has 1 unspecified atom stereocenters. The fourth-order valence-electron chi connectivity index (χ4n) is 1.75. The fourth-order valence-corrected chi connectivity index (χ4v) is 1.75. The van der Waals surface area contributed by atoms with Crippen molar-refractivity contribution in [2.75, 3.05) is 13.2 Å². The number of ether oxygens (including phenoxy) is 1. The predicted molar refractivity (Wildman–Crippen MR) is 73.5 cm³/mol. The van der Waals surface area contributed by atoms with E-state index in [2.05, 4.69) is 5.32 Å². The second kappa shape index (κ2) is 8.84. The third kappa shape index (κ3) is 5.94. The van der Waals surface area contributed by atoms with Crippen LogP contribution < -0.4 is 5.32 Å². The molecule has 0 bridgehead atoms. The first-order chi connectivity index (χ1) is 8.74. The van der Waals surface area contributed by atoms with Gasteiger partial charge in [-0.15, -0.1) is 0 Å². The summed E-state index contributed by atoms with van der Waals surface area (Å²) in [7, 11) is 0. The molecule has 0 aliphatic carbocycles. The van der Waals surface area contributed by atoms with Crippen molar-refractivity contribution >= 4 is 5.78 Å². The van der Waals surface area contributed by atoms with Crippen molar-refractivity contribution in [3.05, 3.63) is 35.9 Å². The summed E-state index contributed by atoms with van der Waals surface area (Å²) in [6.45, 7) is 6.01. The molecule has 0 saturated carbocycles. The predicted octanol–water partition coefficient (Wildman–Crippen LogP) is 2.55. The minimum absolute atomic E-state index is 0.0378. The number of benzene rings is 1. The topological polar surface area (TPSA) is 38.3 Å². The van der Waals surface area contributed by atoms with Crippen LogP contribution in [0.25, 0.3) is 0 Å². The van der Waals surface area contributed by atoms with Gasteiger partial charge in [0.1, 0.15) is 5.78 Å². The molecule has 0 amide bonds. The summed E-state index contributed by atoms with van der Waals surface area (Å²) >= 11 is 0. The zero-order valence-corrected chi connectivity index (χ0v) is 11.3. The Hall–Kier alpha value is -1.19. The normalized spacial score (nSPS) is 12.3. The monoisotopic (exact) mass is 249 g/mol. The second-order valence-electron chi connectivity index (χ2n) is 4.39. The second-order valence-corrected chi connectivity index (χ2v) is 4.39. The number of likely N-dealkylation sites (N-methyl/N-ethyl adjacent to an activating group) is 1. The highest BCUT2D eigenvalue weighted by Gasteiger charge is 2.10. The Labute approximate surface area is 110 Å². The average molecular weight is 249 g/mol. The number of hydrogen-bond acceptors (Lipinski definition) is 3. The summed E-state index contributed by atoms with van der Waals surface area (Å²) in [4.78, 5) is 11.6. The van der Waals surface area contributed by atoms with Crippen LogP contribution in [-0.4, -0.2) is 25.0 Å². The van der Waals surface area contributed by atoms with E-state index in [-0.39, 0.29) is 11.8 Å². The van der Waals surface area contributed by atoms with E-state index in [1.165, 1.54) is 5.56 Å². The van der Waals surface area contributed by atoms with Crippen molar-refractivity contribution in [2.45, 2.75) is 39.3 Å². The zero-order chi connectivity index (χ0) is 13.2. The molecule has 0 aliphatic rings. The largest absolute Gasteiger partial charge is 0.377 e. The molecule has 0 saturated heterocycles. The molecule has 3 heteroatoms. The molecule has 1 rings (SSSR count). The lowest BCUT2D eigenvalue weighted by molar-refractivity contribution is -0.121. The minimum atomic E-state index is -0.0378. The maximum absolute atomic E-state index is 11.6. The Morgan fingerprint density at radius 1 is 1.33 bits per heavy atom. The van der Waals surface area contributed by atoms with Crippen LogP contribution >= 0.6 is 0 Å². The molecule has 0 heterocycles. The van der Waals surface area contributed by atoms with Crippen LogP contribution in [0.3, 0.4) is 0 Å². The van der Waals surface area contributed by atoms with Crippen LogP contribution in [0.5, 0.6) is 0 Å². The maximum atomic E-state index is 11.6. The van der Waals surface area contributed by atoms with E-state index in [0.29, 0.717) is 19.6 Å². The Kier molecular flexibility index (Phi) is 7.30. The minimum Gasteiger partial charge on any atom is -0.377 e. The SMILES string of the molecule is CCNC(C)C(=O)CCCOCc1ccccc1. The van der Waals surface area contributed by atoms with Gasteiger partial charge in [0.25, 0.3) is 0 Å². The van der Waals surface area contributed by atoms with Gasteiger partial charge in [-0.05, 0) is 25.5 Å². The number of carbonyl (C=O) groups is 1. The zero-order valence-electron chi connectivity index (χ0n) is 11.3. The van der Waals surface area contributed by atoms with E-state index >= 15 is 0 Å². The van der Waals surface area contributed by atoms with Crippen molar-refractivity contribution in [3.8, 4) is 0 Å². The molecule has 100 valence electrons. The van der Waals surface area contributed by atoms with Gasteiger partial charge in [-0.25, -0.2) is 0 Å². The number of ketones is 1. The Balaban J connectivity index is 2.07. The van der Waals surface area contributed by atoms with Crippen molar-refractivity contribution < 1.29 is 9.53 Å². The van der Waals surface area contributed by atoms with E-state index in [0.717, 1.165) is 13.0 Å². The van der Waals surface area contributed by atoms with Gasteiger partial charge in [0, 0.05) is 13.0 Å². The first kappa shape index (κ1) is 14.9. The lowest BCUT2D eigenvalue weighted by atomic mass is 10.1. The molecule has 1 aromatic rings. The standard InChI is InChI=1S/C15H23NO2/c1-3-16-13(2)15(17)10-7-11-18-12-14-8-5-4-6-9-14/h4-6,8-9,13,16H,3,7,10-12H2,1-2H3. The van der Waals surface area contributed by atoms with E-state index in [1.807, 2.05) is 44.2 Å². The Morgan fingerprint density at radius 2 is 2.06 bits per heavy atom. The van der Waals surface area contributed by atoms with E-state index < -0.39 is 0 Å². The van der Waals surface area contributed by atoms with Crippen molar-refractivity contribution in [1.82, 2.24) is 5.32 Å². The number of rotatable bonds is 9. The average Bonchev–Trinajstić information content (AvgIpc) is 2.39. The number of hydrogen-bond donors (Lipinski definition) is 1. The summed E-state index contributed by atoms with van der Waals surface area (Å²) in [5.41, 5.74) is 1.17. The molecule has 18 heavy (non-hydrogen) atoms. The van der Waals surface area contributed by atoms with Gasteiger partial charge in [0.05, 0.1) is 12.6 Å². The first-order valence-electron chi connectivity index (χ1n) is 6.61.